The number of aromatic nitrogens is 1. The lowest BCUT2D eigenvalue weighted by Gasteiger charge is -2.20. The lowest BCUT2D eigenvalue weighted by molar-refractivity contribution is 0.0967. The van der Waals surface area contributed by atoms with Crippen LogP contribution in [0.25, 0.3) is 0 Å². The Morgan fingerprint density at radius 2 is 1.68 bits per heavy atom. The molecule has 0 radical (unpaired) electrons. The molecule has 0 fully saturated rings. The summed E-state index contributed by atoms with van der Waals surface area (Å²) in [5.41, 5.74) is 2.52. The Balaban J connectivity index is 1.55. The van der Waals surface area contributed by atoms with Gasteiger partial charge in [-0.2, -0.15) is 0 Å². The largest absolute Gasteiger partial charge is 0.298 e. The molecule has 1 amide bonds. The average molecular weight is 348 g/mol. The van der Waals surface area contributed by atoms with Crippen molar-refractivity contribution >= 4 is 28.2 Å². The summed E-state index contributed by atoms with van der Waals surface area (Å²) < 4.78 is 0. The van der Waals surface area contributed by atoms with Crippen LogP contribution in [0.5, 0.6) is 0 Å². The molecule has 5 heteroatoms. The molecule has 4 rings (SSSR count). The first kappa shape index (κ1) is 15.7. The van der Waals surface area contributed by atoms with Gasteiger partial charge in [0.1, 0.15) is 0 Å². The van der Waals surface area contributed by atoms with Crippen LogP contribution in [0, 0.1) is 0 Å². The number of fused-ring (bicyclic) bond motifs is 1. The van der Waals surface area contributed by atoms with Crippen LogP contribution in [-0.4, -0.2) is 16.7 Å². The Kier molecular flexibility index (Phi) is 4.15. The maximum Gasteiger partial charge on any atom is 0.257 e. The maximum absolute atomic E-state index is 12.5. The molecule has 1 atom stereocenters. The molecule has 0 aliphatic heterocycles. The van der Waals surface area contributed by atoms with Crippen molar-refractivity contribution in [1.82, 2.24) is 4.98 Å². The van der Waals surface area contributed by atoms with E-state index in [0.29, 0.717) is 22.0 Å². The molecule has 1 heterocycles. The van der Waals surface area contributed by atoms with E-state index in [1.165, 1.54) is 11.3 Å². The highest BCUT2D eigenvalue weighted by Crippen LogP contribution is 2.36. The average Bonchev–Trinajstić information content (AvgIpc) is 3.06. The van der Waals surface area contributed by atoms with Gasteiger partial charge in [0.25, 0.3) is 5.91 Å². The van der Waals surface area contributed by atoms with E-state index in [2.05, 4.69) is 10.3 Å². The number of hydrogen-bond acceptors (Lipinski definition) is 4. The monoisotopic (exact) mass is 348 g/mol. The zero-order valence-electron chi connectivity index (χ0n) is 13.4. The number of carbonyl (C=O) groups excluding carboxylic acids is 2. The number of carbonyl (C=O) groups is 2. The van der Waals surface area contributed by atoms with Crippen molar-refractivity contribution in [3.63, 3.8) is 0 Å². The molecule has 4 nitrogen and oxygen atoms in total. The first-order valence-electron chi connectivity index (χ1n) is 8.15. The number of amides is 1. The molecule has 124 valence electrons. The molecule has 0 saturated heterocycles. The number of nitrogens with one attached hydrogen (secondary N) is 1. The van der Waals surface area contributed by atoms with Gasteiger partial charge in [-0.3, -0.25) is 14.9 Å². The third kappa shape index (κ3) is 3.23. The zero-order valence-corrected chi connectivity index (χ0v) is 14.3. The number of rotatable bonds is 3. The van der Waals surface area contributed by atoms with E-state index in [9.17, 15) is 9.59 Å². The summed E-state index contributed by atoms with van der Waals surface area (Å²) in [7, 11) is 0. The molecule has 1 unspecified atom stereocenters. The van der Waals surface area contributed by atoms with Gasteiger partial charge in [-0.1, -0.05) is 59.9 Å². The van der Waals surface area contributed by atoms with Gasteiger partial charge in [0.2, 0.25) is 0 Å². The lowest BCUT2D eigenvalue weighted by Crippen LogP contribution is -2.17. The summed E-state index contributed by atoms with van der Waals surface area (Å²) in [6, 6.07) is 19.0. The fourth-order valence-electron chi connectivity index (χ4n) is 3.10. The standard InChI is InChI=1S/C20H16N2O2S/c23-17-12-15(13-7-3-1-4-8-13)11-16-18(17)25-20(21-16)22-19(24)14-9-5-2-6-10-14/h1-10,15H,11-12H2,(H,21,22,24). The van der Waals surface area contributed by atoms with Crippen LogP contribution in [0.1, 0.15) is 43.6 Å². The first-order chi connectivity index (χ1) is 12.2. The van der Waals surface area contributed by atoms with Crippen molar-refractivity contribution in [3.05, 3.63) is 82.4 Å². The van der Waals surface area contributed by atoms with Crippen LogP contribution >= 0.6 is 11.3 Å². The van der Waals surface area contributed by atoms with Crippen LogP contribution in [0.2, 0.25) is 0 Å². The molecule has 0 spiro atoms. The summed E-state index contributed by atoms with van der Waals surface area (Å²) in [5.74, 6) is 0.0487. The van der Waals surface area contributed by atoms with Gasteiger partial charge >= 0.3 is 0 Å². The third-order valence-electron chi connectivity index (χ3n) is 4.35. The van der Waals surface area contributed by atoms with E-state index >= 15 is 0 Å². The smallest absolute Gasteiger partial charge is 0.257 e. The van der Waals surface area contributed by atoms with Crippen LogP contribution in [-0.2, 0) is 6.42 Å². The maximum atomic E-state index is 12.5. The van der Waals surface area contributed by atoms with Gasteiger partial charge in [-0.15, -0.1) is 0 Å². The number of nitrogens with zero attached hydrogens (tertiary/aromatic N) is 1. The number of ketones is 1. The van der Waals surface area contributed by atoms with Gasteiger partial charge in [-0.05, 0) is 30.0 Å². The second-order valence-corrected chi connectivity index (χ2v) is 7.05. The Hall–Kier alpha value is -2.79. The predicted octanol–water partition coefficient (Wildman–Crippen LogP) is 4.31. The summed E-state index contributed by atoms with van der Waals surface area (Å²) in [4.78, 5) is 29.9. The lowest BCUT2D eigenvalue weighted by atomic mass is 9.85. The van der Waals surface area contributed by atoms with E-state index in [1.807, 2.05) is 48.5 Å². The summed E-state index contributed by atoms with van der Waals surface area (Å²) >= 11 is 1.27. The number of anilines is 1. The van der Waals surface area contributed by atoms with Crippen LogP contribution in [0.15, 0.2) is 60.7 Å². The molecular formula is C20H16N2O2S. The molecule has 25 heavy (non-hydrogen) atoms. The highest BCUT2D eigenvalue weighted by atomic mass is 32.1. The molecule has 1 aliphatic rings. The number of thiazole rings is 1. The molecule has 3 aromatic rings. The van der Waals surface area contributed by atoms with Gasteiger partial charge in [0.05, 0.1) is 10.6 Å². The SMILES string of the molecule is O=C(Nc1nc2c(s1)C(=O)CC(c1ccccc1)C2)c1ccccc1. The van der Waals surface area contributed by atoms with Gasteiger partial charge in [0, 0.05) is 12.0 Å². The van der Waals surface area contributed by atoms with Crippen molar-refractivity contribution in [3.8, 4) is 0 Å². The minimum absolute atomic E-state index is 0.104. The summed E-state index contributed by atoms with van der Waals surface area (Å²) in [5, 5.41) is 3.29. The van der Waals surface area contributed by atoms with Gasteiger partial charge in [-0.25, -0.2) is 4.98 Å². The van der Waals surface area contributed by atoms with Crippen molar-refractivity contribution < 1.29 is 9.59 Å². The molecule has 0 saturated carbocycles. The van der Waals surface area contributed by atoms with Gasteiger partial charge < -0.3 is 0 Å². The molecular weight excluding hydrogens is 332 g/mol. The van der Waals surface area contributed by atoms with E-state index < -0.39 is 0 Å². The fourth-order valence-corrected chi connectivity index (χ4v) is 4.04. The van der Waals surface area contributed by atoms with Crippen molar-refractivity contribution in [1.29, 1.82) is 0 Å². The van der Waals surface area contributed by atoms with Crippen LogP contribution < -0.4 is 5.32 Å². The zero-order chi connectivity index (χ0) is 17.2. The van der Waals surface area contributed by atoms with E-state index in [1.54, 1.807) is 12.1 Å². The van der Waals surface area contributed by atoms with E-state index in [-0.39, 0.29) is 17.6 Å². The first-order valence-corrected chi connectivity index (χ1v) is 8.96. The number of benzene rings is 2. The highest BCUT2D eigenvalue weighted by Gasteiger charge is 2.30. The Morgan fingerprint density at radius 1 is 1.00 bits per heavy atom. The second kappa shape index (κ2) is 6.61. The minimum atomic E-state index is -0.209. The molecule has 2 aromatic carbocycles. The minimum Gasteiger partial charge on any atom is -0.298 e. The Labute approximate surface area is 149 Å². The third-order valence-corrected chi connectivity index (χ3v) is 5.40. The molecule has 0 bridgehead atoms. The Bertz CT molecular complexity index is 919. The van der Waals surface area contributed by atoms with Gasteiger partial charge in [0.15, 0.2) is 10.9 Å². The van der Waals surface area contributed by atoms with Crippen molar-refractivity contribution in [2.45, 2.75) is 18.8 Å². The molecule has 1 N–H and O–H groups in total. The molecule has 1 aliphatic carbocycles. The highest BCUT2D eigenvalue weighted by molar-refractivity contribution is 7.17. The topological polar surface area (TPSA) is 59.1 Å². The van der Waals surface area contributed by atoms with E-state index in [0.717, 1.165) is 17.7 Å². The second-order valence-electron chi connectivity index (χ2n) is 6.05. The quantitative estimate of drug-likeness (QED) is 0.767. The van der Waals surface area contributed by atoms with Crippen LogP contribution in [0.4, 0.5) is 5.13 Å². The van der Waals surface area contributed by atoms with Crippen LogP contribution in [0.3, 0.4) is 0 Å². The fraction of sp³-hybridized carbons (Fsp3) is 0.150. The normalized spacial score (nSPS) is 16.3. The number of hydrogen-bond donors (Lipinski definition) is 1. The summed E-state index contributed by atoms with van der Waals surface area (Å²) in [6.07, 6.45) is 1.22. The predicted molar refractivity (Wildman–Crippen MR) is 98.3 cm³/mol. The Morgan fingerprint density at radius 3 is 2.40 bits per heavy atom. The van der Waals surface area contributed by atoms with Crippen molar-refractivity contribution in [2.75, 3.05) is 5.32 Å². The molecule has 1 aromatic heterocycles. The van der Waals surface area contributed by atoms with Crippen molar-refractivity contribution in [2.24, 2.45) is 0 Å². The van der Waals surface area contributed by atoms with E-state index in [4.69, 9.17) is 0 Å². The summed E-state index contributed by atoms with van der Waals surface area (Å²) in [6.45, 7) is 0. The number of Topliss-reactive ketones (excluding diaryl/α,β-unsaturated/α-hetero) is 1.